The molecule has 5 heteroatoms. The zero-order chi connectivity index (χ0) is 18.4. The summed E-state index contributed by atoms with van der Waals surface area (Å²) in [4.78, 5) is 23.0. The van der Waals surface area contributed by atoms with Crippen LogP contribution in [0.25, 0.3) is 0 Å². The molecular weight excluding hydrogens is 324 g/mol. The summed E-state index contributed by atoms with van der Waals surface area (Å²) in [6.45, 7) is 4.57. The lowest BCUT2D eigenvalue weighted by Gasteiger charge is -2.21. The van der Waals surface area contributed by atoms with Crippen LogP contribution in [0.1, 0.15) is 35.9 Å². The van der Waals surface area contributed by atoms with Gasteiger partial charge in [0.25, 0.3) is 5.91 Å². The third kappa shape index (κ3) is 4.06. The molecule has 0 fully saturated rings. The molecule has 0 aliphatic carbocycles. The number of carbonyl (C=O) groups is 1. The number of rotatable bonds is 6. The zero-order valence-electron chi connectivity index (χ0n) is 15.0. The first-order valence-electron chi connectivity index (χ1n) is 8.69. The highest BCUT2D eigenvalue weighted by molar-refractivity contribution is 6.05. The van der Waals surface area contributed by atoms with E-state index in [1.807, 2.05) is 55.5 Å². The molecule has 1 amide bonds. The molecule has 0 saturated carbocycles. The molecule has 3 rings (SSSR count). The van der Waals surface area contributed by atoms with Crippen LogP contribution in [-0.4, -0.2) is 22.4 Å². The molecule has 0 saturated heterocycles. The summed E-state index contributed by atoms with van der Waals surface area (Å²) in [5.41, 5.74) is 2.37. The Bertz CT molecular complexity index is 852. The van der Waals surface area contributed by atoms with E-state index in [9.17, 15) is 4.79 Å². The maximum Gasteiger partial charge on any atom is 0.277 e. The van der Waals surface area contributed by atoms with E-state index >= 15 is 0 Å². The van der Waals surface area contributed by atoms with Crippen molar-refractivity contribution in [1.82, 2.24) is 9.97 Å². The predicted molar refractivity (Wildman–Crippen MR) is 104 cm³/mol. The van der Waals surface area contributed by atoms with Crippen LogP contribution in [0.2, 0.25) is 0 Å². The Morgan fingerprint density at radius 1 is 1.04 bits per heavy atom. The van der Waals surface area contributed by atoms with Crippen molar-refractivity contribution in [3.63, 3.8) is 0 Å². The maximum atomic E-state index is 12.9. The van der Waals surface area contributed by atoms with Crippen LogP contribution < -0.4 is 10.2 Å². The van der Waals surface area contributed by atoms with Crippen LogP contribution in [0, 0.1) is 0 Å². The molecule has 0 bridgehead atoms. The average molecular weight is 346 g/mol. The molecule has 0 radical (unpaired) electrons. The minimum absolute atomic E-state index is 0.0745. The van der Waals surface area contributed by atoms with E-state index in [1.165, 1.54) is 6.33 Å². The van der Waals surface area contributed by atoms with E-state index in [2.05, 4.69) is 34.3 Å². The van der Waals surface area contributed by atoms with Crippen LogP contribution in [-0.2, 0) is 0 Å². The highest BCUT2D eigenvalue weighted by atomic mass is 16.2. The lowest BCUT2D eigenvalue weighted by atomic mass is 10.1. The van der Waals surface area contributed by atoms with Crippen LogP contribution in [0.5, 0.6) is 0 Å². The molecule has 1 atom stereocenters. The number of hydrogen-bond donors (Lipinski definition) is 1. The normalized spacial score (nSPS) is 11.6. The summed E-state index contributed by atoms with van der Waals surface area (Å²) in [6.07, 6.45) is 1.42. The largest absolute Gasteiger partial charge is 0.363 e. The minimum atomic E-state index is -0.142. The molecular formula is C21H22N4O. The number of benzene rings is 2. The summed E-state index contributed by atoms with van der Waals surface area (Å²) in [5, 5.41) is 3.33. The number of anilines is 2. The summed E-state index contributed by atoms with van der Waals surface area (Å²) >= 11 is 0. The quantitative estimate of drug-likeness (QED) is 0.722. The van der Waals surface area contributed by atoms with Crippen LogP contribution in [0.4, 0.5) is 11.5 Å². The fourth-order valence-electron chi connectivity index (χ4n) is 2.79. The third-order valence-electron chi connectivity index (χ3n) is 4.18. The SMILES string of the molecule is CCN(C(=O)c1cc(NC(C)c2ccccc2)ncn1)c1ccccc1. The number of aromatic nitrogens is 2. The van der Waals surface area contributed by atoms with Gasteiger partial charge in [0, 0.05) is 24.3 Å². The number of carbonyl (C=O) groups excluding carboxylic acids is 1. The van der Waals surface area contributed by atoms with Gasteiger partial charge in [0.15, 0.2) is 0 Å². The lowest BCUT2D eigenvalue weighted by Crippen LogP contribution is -2.31. The maximum absolute atomic E-state index is 12.9. The van der Waals surface area contributed by atoms with Crippen molar-refractivity contribution in [3.8, 4) is 0 Å². The Hall–Kier alpha value is -3.21. The number of nitrogens with zero attached hydrogens (tertiary/aromatic N) is 3. The summed E-state index contributed by atoms with van der Waals surface area (Å²) in [5.74, 6) is 0.486. The van der Waals surface area contributed by atoms with Gasteiger partial charge in [-0.2, -0.15) is 0 Å². The van der Waals surface area contributed by atoms with Crippen molar-refractivity contribution >= 4 is 17.4 Å². The highest BCUT2D eigenvalue weighted by Crippen LogP contribution is 2.19. The second-order valence-electron chi connectivity index (χ2n) is 5.95. The predicted octanol–water partition coefficient (Wildman–Crippen LogP) is 4.32. The lowest BCUT2D eigenvalue weighted by molar-refractivity contribution is 0.0983. The van der Waals surface area contributed by atoms with Gasteiger partial charge in [-0.25, -0.2) is 9.97 Å². The number of para-hydroxylation sites is 1. The molecule has 1 aromatic heterocycles. The Kier molecular flexibility index (Phi) is 5.59. The second-order valence-corrected chi connectivity index (χ2v) is 5.95. The molecule has 5 nitrogen and oxygen atoms in total. The van der Waals surface area contributed by atoms with Gasteiger partial charge in [0.1, 0.15) is 17.8 Å². The summed E-state index contributed by atoms with van der Waals surface area (Å²) in [7, 11) is 0. The monoisotopic (exact) mass is 346 g/mol. The Balaban J connectivity index is 1.79. The molecule has 2 aromatic carbocycles. The van der Waals surface area contributed by atoms with Gasteiger partial charge in [-0.3, -0.25) is 4.79 Å². The van der Waals surface area contributed by atoms with Crippen molar-refractivity contribution in [3.05, 3.63) is 84.3 Å². The Morgan fingerprint density at radius 2 is 1.69 bits per heavy atom. The number of nitrogens with one attached hydrogen (secondary N) is 1. The molecule has 3 aromatic rings. The number of amides is 1. The van der Waals surface area contributed by atoms with Crippen molar-refractivity contribution in [2.24, 2.45) is 0 Å². The van der Waals surface area contributed by atoms with Gasteiger partial charge in [-0.05, 0) is 31.5 Å². The van der Waals surface area contributed by atoms with Crippen molar-refractivity contribution in [2.75, 3.05) is 16.8 Å². The molecule has 26 heavy (non-hydrogen) atoms. The van der Waals surface area contributed by atoms with Crippen LogP contribution in [0.3, 0.4) is 0 Å². The fourth-order valence-corrected chi connectivity index (χ4v) is 2.79. The van der Waals surface area contributed by atoms with Gasteiger partial charge < -0.3 is 10.2 Å². The van der Waals surface area contributed by atoms with Crippen molar-refractivity contribution in [1.29, 1.82) is 0 Å². The second kappa shape index (κ2) is 8.25. The first-order chi connectivity index (χ1) is 12.7. The van der Waals surface area contributed by atoms with Gasteiger partial charge >= 0.3 is 0 Å². The summed E-state index contributed by atoms with van der Waals surface area (Å²) in [6, 6.07) is 21.5. The summed E-state index contributed by atoms with van der Waals surface area (Å²) < 4.78 is 0. The fraction of sp³-hybridized carbons (Fsp3) is 0.190. The van der Waals surface area contributed by atoms with E-state index in [4.69, 9.17) is 0 Å². The van der Waals surface area contributed by atoms with Gasteiger partial charge in [0.2, 0.25) is 0 Å². The molecule has 1 heterocycles. The van der Waals surface area contributed by atoms with Gasteiger partial charge in [-0.15, -0.1) is 0 Å². The van der Waals surface area contributed by atoms with Crippen LogP contribution >= 0.6 is 0 Å². The van der Waals surface area contributed by atoms with E-state index in [1.54, 1.807) is 11.0 Å². The Labute approximate surface area is 153 Å². The first kappa shape index (κ1) is 17.6. The highest BCUT2D eigenvalue weighted by Gasteiger charge is 2.18. The molecule has 0 aliphatic rings. The molecule has 1 N–H and O–H groups in total. The zero-order valence-corrected chi connectivity index (χ0v) is 15.0. The molecule has 1 unspecified atom stereocenters. The van der Waals surface area contributed by atoms with E-state index in [0.29, 0.717) is 18.1 Å². The molecule has 132 valence electrons. The van der Waals surface area contributed by atoms with Crippen molar-refractivity contribution in [2.45, 2.75) is 19.9 Å². The van der Waals surface area contributed by atoms with Gasteiger partial charge in [0.05, 0.1) is 0 Å². The van der Waals surface area contributed by atoms with E-state index in [0.717, 1.165) is 11.3 Å². The minimum Gasteiger partial charge on any atom is -0.363 e. The topological polar surface area (TPSA) is 58.1 Å². The van der Waals surface area contributed by atoms with Crippen LogP contribution in [0.15, 0.2) is 73.1 Å². The third-order valence-corrected chi connectivity index (χ3v) is 4.18. The Morgan fingerprint density at radius 3 is 2.35 bits per heavy atom. The first-order valence-corrected chi connectivity index (χ1v) is 8.69. The molecule has 0 aliphatic heterocycles. The smallest absolute Gasteiger partial charge is 0.277 e. The standard InChI is InChI=1S/C21H22N4O/c1-3-25(18-12-8-5-9-13-18)21(26)19-14-20(23-15-22-19)24-16(2)17-10-6-4-7-11-17/h4-16H,3H2,1-2H3,(H,22,23,24). The average Bonchev–Trinajstić information content (AvgIpc) is 2.70. The van der Waals surface area contributed by atoms with Crippen molar-refractivity contribution < 1.29 is 4.79 Å². The molecule has 0 spiro atoms. The van der Waals surface area contributed by atoms with E-state index < -0.39 is 0 Å². The van der Waals surface area contributed by atoms with Gasteiger partial charge in [-0.1, -0.05) is 48.5 Å². The number of hydrogen-bond acceptors (Lipinski definition) is 4. The van der Waals surface area contributed by atoms with E-state index in [-0.39, 0.29) is 11.9 Å².